The van der Waals surface area contributed by atoms with Gasteiger partial charge in [0.1, 0.15) is 16.7 Å². The lowest BCUT2D eigenvalue weighted by Gasteiger charge is -2.29. The van der Waals surface area contributed by atoms with E-state index in [1.165, 1.54) is 0 Å². The van der Waals surface area contributed by atoms with E-state index in [9.17, 15) is 0 Å². The number of nitrogens with zero attached hydrogens (tertiary/aromatic N) is 5. The van der Waals surface area contributed by atoms with Crippen LogP contribution in [0.5, 0.6) is 0 Å². The van der Waals surface area contributed by atoms with E-state index >= 15 is 0 Å². The Bertz CT molecular complexity index is 848. The molecule has 0 radical (unpaired) electrons. The SMILES string of the molecule is N#CCCNC1CCC(n2nnc3cnc4[nH]ccc4c32)CC1. The maximum absolute atomic E-state index is 8.62. The lowest BCUT2D eigenvalue weighted by molar-refractivity contribution is 0.279. The van der Waals surface area contributed by atoms with Crippen molar-refractivity contribution in [3.63, 3.8) is 0 Å². The Hall–Kier alpha value is -2.46. The summed E-state index contributed by atoms with van der Waals surface area (Å²) in [7, 11) is 0. The number of aromatic amines is 1. The van der Waals surface area contributed by atoms with Gasteiger partial charge < -0.3 is 10.3 Å². The van der Waals surface area contributed by atoms with E-state index in [4.69, 9.17) is 5.26 Å². The second kappa shape index (κ2) is 5.97. The summed E-state index contributed by atoms with van der Waals surface area (Å²) < 4.78 is 2.08. The molecule has 1 fully saturated rings. The van der Waals surface area contributed by atoms with Crippen molar-refractivity contribution in [1.82, 2.24) is 30.3 Å². The Kier molecular flexibility index (Phi) is 3.67. The summed E-state index contributed by atoms with van der Waals surface area (Å²) in [6, 6.07) is 5.12. The van der Waals surface area contributed by atoms with Crippen molar-refractivity contribution in [2.75, 3.05) is 6.54 Å². The molecule has 3 aromatic heterocycles. The van der Waals surface area contributed by atoms with Crippen molar-refractivity contribution in [3.8, 4) is 6.07 Å². The smallest absolute Gasteiger partial charge is 0.139 e. The molecule has 0 aromatic carbocycles. The molecule has 4 rings (SSSR count). The van der Waals surface area contributed by atoms with Crippen LogP contribution in [0.15, 0.2) is 18.5 Å². The van der Waals surface area contributed by atoms with Gasteiger partial charge in [0.2, 0.25) is 0 Å². The van der Waals surface area contributed by atoms with Crippen LogP contribution < -0.4 is 5.32 Å². The highest BCUT2D eigenvalue weighted by Crippen LogP contribution is 2.32. The zero-order chi connectivity index (χ0) is 15.6. The zero-order valence-corrected chi connectivity index (χ0v) is 12.9. The number of rotatable bonds is 4. The number of pyridine rings is 1. The molecule has 0 atom stereocenters. The predicted octanol–water partition coefficient (Wildman–Crippen LogP) is 2.29. The van der Waals surface area contributed by atoms with E-state index in [1.807, 2.05) is 12.3 Å². The second-order valence-corrected chi connectivity index (χ2v) is 6.13. The first-order chi connectivity index (χ1) is 11.4. The fourth-order valence-electron chi connectivity index (χ4n) is 3.55. The first-order valence-electron chi connectivity index (χ1n) is 8.14. The molecule has 0 aliphatic heterocycles. The molecule has 0 spiro atoms. The number of nitrogens with one attached hydrogen (secondary N) is 2. The van der Waals surface area contributed by atoms with Gasteiger partial charge in [0, 0.05) is 30.6 Å². The molecule has 3 aromatic rings. The third-order valence-corrected chi connectivity index (χ3v) is 4.73. The van der Waals surface area contributed by atoms with Gasteiger partial charge in [0.15, 0.2) is 0 Å². The molecule has 1 aliphatic rings. The van der Waals surface area contributed by atoms with Gasteiger partial charge in [-0.2, -0.15) is 5.26 Å². The molecule has 118 valence electrons. The number of H-pyrrole nitrogens is 1. The summed E-state index contributed by atoms with van der Waals surface area (Å²) in [5.74, 6) is 0. The number of nitriles is 1. The maximum Gasteiger partial charge on any atom is 0.139 e. The van der Waals surface area contributed by atoms with Gasteiger partial charge in [-0.15, -0.1) is 5.10 Å². The van der Waals surface area contributed by atoms with Gasteiger partial charge in [-0.1, -0.05) is 5.21 Å². The van der Waals surface area contributed by atoms with Crippen molar-refractivity contribution >= 4 is 22.1 Å². The maximum atomic E-state index is 8.62. The lowest BCUT2D eigenvalue weighted by Crippen LogP contribution is -2.34. The highest BCUT2D eigenvalue weighted by atomic mass is 15.4. The highest BCUT2D eigenvalue weighted by Gasteiger charge is 2.25. The molecular formula is C16H19N7. The van der Waals surface area contributed by atoms with Gasteiger partial charge in [-0.05, 0) is 31.7 Å². The van der Waals surface area contributed by atoms with E-state index < -0.39 is 0 Å². The van der Waals surface area contributed by atoms with Crippen LogP contribution in [-0.2, 0) is 0 Å². The van der Waals surface area contributed by atoms with Gasteiger partial charge >= 0.3 is 0 Å². The van der Waals surface area contributed by atoms with E-state index in [-0.39, 0.29) is 0 Å². The fraction of sp³-hybridized carbons (Fsp3) is 0.500. The topological polar surface area (TPSA) is 95.2 Å². The normalized spacial score (nSPS) is 21.7. The molecule has 23 heavy (non-hydrogen) atoms. The average molecular weight is 309 g/mol. The van der Waals surface area contributed by atoms with Gasteiger partial charge in [-0.3, -0.25) is 0 Å². The summed E-state index contributed by atoms with van der Waals surface area (Å²) in [5.41, 5.74) is 2.82. The molecular weight excluding hydrogens is 290 g/mol. The van der Waals surface area contributed by atoms with E-state index in [0.29, 0.717) is 18.5 Å². The first kappa shape index (κ1) is 14.2. The van der Waals surface area contributed by atoms with E-state index in [1.54, 1.807) is 6.20 Å². The molecule has 0 bridgehead atoms. The summed E-state index contributed by atoms with van der Waals surface area (Å²) in [4.78, 5) is 7.52. The highest BCUT2D eigenvalue weighted by molar-refractivity contribution is 6.00. The van der Waals surface area contributed by atoms with Crippen LogP contribution in [-0.4, -0.2) is 37.5 Å². The summed E-state index contributed by atoms with van der Waals surface area (Å²) in [6.07, 6.45) is 8.65. The standard InChI is InChI=1S/C16H19N7/c17-7-1-8-18-11-2-4-12(5-3-11)23-15-13-6-9-19-16(13)20-10-14(15)21-22-23/h6,9-12,18H,1-5,8H2,(H,19,20). The van der Waals surface area contributed by atoms with Gasteiger partial charge in [-0.25, -0.2) is 9.67 Å². The van der Waals surface area contributed by atoms with Crippen LogP contribution in [0.25, 0.3) is 22.1 Å². The molecule has 0 saturated heterocycles. The Morgan fingerprint density at radius 3 is 3.04 bits per heavy atom. The minimum absolute atomic E-state index is 0.384. The number of aromatic nitrogens is 5. The number of hydrogen-bond acceptors (Lipinski definition) is 5. The first-order valence-corrected chi connectivity index (χ1v) is 8.14. The van der Waals surface area contributed by atoms with Crippen molar-refractivity contribution in [2.45, 2.75) is 44.2 Å². The summed E-state index contributed by atoms with van der Waals surface area (Å²) in [6.45, 7) is 0.785. The Balaban J connectivity index is 1.54. The molecule has 3 heterocycles. The van der Waals surface area contributed by atoms with Crippen LogP contribution in [0.2, 0.25) is 0 Å². The van der Waals surface area contributed by atoms with Crippen LogP contribution in [0.3, 0.4) is 0 Å². The van der Waals surface area contributed by atoms with Crippen LogP contribution in [0.4, 0.5) is 0 Å². The Morgan fingerprint density at radius 1 is 1.35 bits per heavy atom. The van der Waals surface area contributed by atoms with Crippen LogP contribution in [0.1, 0.15) is 38.1 Å². The van der Waals surface area contributed by atoms with Gasteiger partial charge in [0.25, 0.3) is 0 Å². The minimum Gasteiger partial charge on any atom is -0.346 e. The van der Waals surface area contributed by atoms with E-state index in [0.717, 1.165) is 54.3 Å². The molecule has 7 heteroatoms. The molecule has 7 nitrogen and oxygen atoms in total. The fourth-order valence-corrected chi connectivity index (χ4v) is 3.55. The quantitative estimate of drug-likeness (QED) is 0.721. The molecule has 1 saturated carbocycles. The number of fused-ring (bicyclic) bond motifs is 3. The third kappa shape index (κ3) is 2.55. The van der Waals surface area contributed by atoms with Crippen molar-refractivity contribution < 1.29 is 0 Å². The number of hydrogen-bond donors (Lipinski definition) is 2. The Labute approximate surface area is 133 Å². The van der Waals surface area contributed by atoms with Gasteiger partial charge in [0.05, 0.1) is 18.3 Å². The minimum atomic E-state index is 0.384. The summed E-state index contributed by atoms with van der Waals surface area (Å²) in [5, 5.41) is 21.9. The van der Waals surface area contributed by atoms with Crippen molar-refractivity contribution in [1.29, 1.82) is 5.26 Å². The van der Waals surface area contributed by atoms with Crippen molar-refractivity contribution in [2.24, 2.45) is 0 Å². The third-order valence-electron chi connectivity index (χ3n) is 4.73. The second-order valence-electron chi connectivity index (χ2n) is 6.13. The zero-order valence-electron chi connectivity index (χ0n) is 12.9. The molecule has 0 amide bonds. The van der Waals surface area contributed by atoms with Crippen LogP contribution in [0, 0.1) is 11.3 Å². The average Bonchev–Trinajstić information content (AvgIpc) is 3.21. The summed E-state index contributed by atoms with van der Waals surface area (Å²) >= 11 is 0. The monoisotopic (exact) mass is 309 g/mol. The van der Waals surface area contributed by atoms with Crippen LogP contribution >= 0.6 is 0 Å². The largest absolute Gasteiger partial charge is 0.346 e. The molecule has 2 N–H and O–H groups in total. The molecule has 1 aliphatic carbocycles. The Morgan fingerprint density at radius 2 is 2.22 bits per heavy atom. The van der Waals surface area contributed by atoms with E-state index in [2.05, 4.69) is 36.3 Å². The predicted molar refractivity (Wildman–Crippen MR) is 86.7 cm³/mol. The lowest BCUT2D eigenvalue weighted by atomic mass is 9.91. The molecule has 0 unspecified atom stereocenters. The van der Waals surface area contributed by atoms with Crippen molar-refractivity contribution in [3.05, 3.63) is 18.5 Å².